The molecule has 0 saturated heterocycles. The molecule has 0 fully saturated rings. The van der Waals surface area contributed by atoms with E-state index in [0.29, 0.717) is 18.9 Å². The summed E-state index contributed by atoms with van der Waals surface area (Å²) >= 11 is 0. The van der Waals surface area contributed by atoms with Gasteiger partial charge in [0.2, 0.25) is 0 Å². The van der Waals surface area contributed by atoms with Crippen LogP contribution in [0, 0.1) is 5.82 Å². The van der Waals surface area contributed by atoms with Gasteiger partial charge in [-0.2, -0.15) is 0 Å². The van der Waals surface area contributed by atoms with Gasteiger partial charge in [0.05, 0.1) is 6.61 Å². The number of halogens is 1. The van der Waals surface area contributed by atoms with Gasteiger partial charge in [-0.25, -0.2) is 4.39 Å². The van der Waals surface area contributed by atoms with Crippen molar-refractivity contribution in [2.24, 2.45) is 0 Å². The number of hydrogen-bond donors (Lipinski definition) is 1. The molecule has 0 spiro atoms. The van der Waals surface area contributed by atoms with Crippen LogP contribution in [0.5, 0.6) is 5.75 Å². The van der Waals surface area contributed by atoms with E-state index in [-0.39, 0.29) is 11.4 Å². The van der Waals surface area contributed by atoms with E-state index in [0.717, 1.165) is 18.4 Å². The molecule has 0 aromatic heterocycles. The topological polar surface area (TPSA) is 21.3 Å². The Hall–Kier alpha value is -1.09. The summed E-state index contributed by atoms with van der Waals surface area (Å²) in [6.07, 6.45) is 4.54. The smallest absolute Gasteiger partial charge is 0.165 e. The summed E-state index contributed by atoms with van der Waals surface area (Å²) < 4.78 is 19.4. The zero-order valence-corrected chi connectivity index (χ0v) is 13.3. The maximum absolute atomic E-state index is 13.9. The Morgan fingerprint density at radius 1 is 1.15 bits per heavy atom. The van der Waals surface area contributed by atoms with Crippen LogP contribution in [0.15, 0.2) is 18.2 Å². The van der Waals surface area contributed by atoms with Gasteiger partial charge in [-0.05, 0) is 44.9 Å². The lowest BCUT2D eigenvalue weighted by molar-refractivity contribution is 0.290. The highest BCUT2D eigenvalue weighted by Gasteiger charge is 2.10. The molecule has 0 aliphatic rings. The fourth-order valence-corrected chi connectivity index (χ4v) is 1.85. The third kappa shape index (κ3) is 6.90. The van der Waals surface area contributed by atoms with Crippen molar-refractivity contribution in [2.45, 2.75) is 65.5 Å². The number of unbranched alkanes of at least 4 members (excludes halogenated alkanes) is 3. The van der Waals surface area contributed by atoms with Crippen molar-refractivity contribution in [1.82, 2.24) is 5.32 Å². The van der Waals surface area contributed by atoms with E-state index in [1.807, 2.05) is 6.07 Å². The van der Waals surface area contributed by atoms with Crippen LogP contribution in [0.4, 0.5) is 4.39 Å². The molecule has 0 atom stereocenters. The highest BCUT2D eigenvalue weighted by molar-refractivity contribution is 5.29. The summed E-state index contributed by atoms with van der Waals surface area (Å²) in [5.41, 5.74) is 0.973. The number of hydrogen-bond acceptors (Lipinski definition) is 2. The summed E-state index contributed by atoms with van der Waals surface area (Å²) in [5, 5.41) is 3.34. The van der Waals surface area contributed by atoms with Gasteiger partial charge in [-0.3, -0.25) is 0 Å². The van der Waals surface area contributed by atoms with Crippen molar-refractivity contribution in [2.75, 3.05) is 6.61 Å². The minimum Gasteiger partial charge on any atom is -0.491 e. The van der Waals surface area contributed by atoms with Gasteiger partial charge in [-0.15, -0.1) is 0 Å². The second kappa shape index (κ2) is 8.25. The predicted molar refractivity (Wildman–Crippen MR) is 82.6 cm³/mol. The molecule has 1 aromatic carbocycles. The fourth-order valence-electron chi connectivity index (χ4n) is 1.85. The van der Waals surface area contributed by atoms with Gasteiger partial charge < -0.3 is 10.1 Å². The summed E-state index contributed by atoms with van der Waals surface area (Å²) in [6, 6.07) is 5.21. The molecule has 3 heteroatoms. The third-order valence-electron chi connectivity index (χ3n) is 3.07. The van der Waals surface area contributed by atoms with Gasteiger partial charge in [0.25, 0.3) is 0 Å². The van der Waals surface area contributed by atoms with E-state index >= 15 is 0 Å². The van der Waals surface area contributed by atoms with E-state index < -0.39 is 0 Å². The van der Waals surface area contributed by atoms with Crippen molar-refractivity contribution >= 4 is 0 Å². The summed E-state index contributed by atoms with van der Waals surface area (Å²) in [4.78, 5) is 0. The molecule has 0 amide bonds. The van der Waals surface area contributed by atoms with Crippen LogP contribution in [0.25, 0.3) is 0 Å². The van der Waals surface area contributed by atoms with E-state index in [9.17, 15) is 4.39 Å². The standard InChI is InChI=1S/C17H28FNO/c1-5-6-7-8-11-20-16-10-9-14(12-15(16)18)13-19-17(2,3)4/h9-10,12,19H,5-8,11,13H2,1-4H3. The van der Waals surface area contributed by atoms with E-state index in [2.05, 4.69) is 33.0 Å². The minimum absolute atomic E-state index is 0.0327. The van der Waals surface area contributed by atoms with Gasteiger partial charge in [0.15, 0.2) is 11.6 Å². The van der Waals surface area contributed by atoms with Gasteiger partial charge in [0, 0.05) is 12.1 Å². The van der Waals surface area contributed by atoms with E-state index in [4.69, 9.17) is 4.74 Å². The molecule has 2 nitrogen and oxygen atoms in total. The Bertz CT molecular complexity index is 398. The maximum atomic E-state index is 13.9. The maximum Gasteiger partial charge on any atom is 0.165 e. The quantitative estimate of drug-likeness (QED) is 0.699. The summed E-state index contributed by atoms with van der Waals surface area (Å²) in [6.45, 7) is 9.71. The number of nitrogens with one attached hydrogen (secondary N) is 1. The van der Waals surface area contributed by atoms with Gasteiger partial charge in [-0.1, -0.05) is 32.3 Å². The molecular weight excluding hydrogens is 253 g/mol. The molecule has 0 bridgehead atoms. The van der Waals surface area contributed by atoms with Crippen molar-refractivity contribution in [3.8, 4) is 5.75 Å². The number of ether oxygens (including phenoxy) is 1. The second-order valence-corrected chi connectivity index (χ2v) is 6.28. The first-order valence-electron chi connectivity index (χ1n) is 7.58. The zero-order chi connectivity index (χ0) is 15.0. The largest absolute Gasteiger partial charge is 0.491 e. The molecule has 0 saturated carbocycles. The Labute approximate surface area is 122 Å². The van der Waals surface area contributed by atoms with Crippen LogP contribution < -0.4 is 10.1 Å². The molecule has 1 rings (SSSR count). The molecule has 20 heavy (non-hydrogen) atoms. The zero-order valence-electron chi connectivity index (χ0n) is 13.3. The Kier molecular flexibility index (Phi) is 7.00. The summed E-state index contributed by atoms with van der Waals surface area (Å²) in [5.74, 6) is 0.0923. The Morgan fingerprint density at radius 2 is 1.90 bits per heavy atom. The van der Waals surface area contributed by atoms with Crippen molar-refractivity contribution in [3.63, 3.8) is 0 Å². The van der Waals surface area contributed by atoms with Gasteiger partial charge in [0.1, 0.15) is 0 Å². The molecule has 0 aliphatic heterocycles. The fraction of sp³-hybridized carbons (Fsp3) is 0.647. The number of rotatable bonds is 8. The average molecular weight is 281 g/mol. The predicted octanol–water partition coefficient (Wildman–Crippen LogP) is 4.67. The molecule has 1 N–H and O–H groups in total. The lowest BCUT2D eigenvalue weighted by Crippen LogP contribution is -2.35. The van der Waals surface area contributed by atoms with Crippen LogP contribution in [0.2, 0.25) is 0 Å². The van der Waals surface area contributed by atoms with Gasteiger partial charge >= 0.3 is 0 Å². The Balaban J connectivity index is 2.43. The highest BCUT2D eigenvalue weighted by atomic mass is 19.1. The first-order valence-corrected chi connectivity index (χ1v) is 7.58. The first kappa shape index (κ1) is 17.0. The molecule has 114 valence electrons. The average Bonchev–Trinajstić information content (AvgIpc) is 2.37. The van der Waals surface area contributed by atoms with Crippen LogP contribution >= 0.6 is 0 Å². The van der Waals surface area contributed by atoms with Crippen LogP contribution in [0.1, 0.15) is 58.9 Å². The van der Waals surface area contributed by atoms with Crippen molar-refractivity contribution in [1.29, 1.82) is 0 Å². The van der Waals surface area contributed by atoms with E-state index in [1.54, 1.807) is 12.1 Å². The first-order chi connectivity index (χ1) is 9.42. The Morgan fingerprint density at radius 3 is 2.50 bits per heavy atom. The van der Waals surface area contributed by atoms with Crippen LogP contribution in [0.3, 0.4) is 0 Å². The normalized spacial score (nSPS) is 11.7. The SMILES string of the molecule is CCCCCCOc1ccc(CNC(C)(C)C)cc1F. The third-order valence-corrected chi connectivity index (χ3v) is 3.07. The molecule has 0 radical (unpaired) electrons. The minimum atomic E-state index is -0.270. The van der Waals surface area contributed by atoms with Crippen LogP contribution in [-0.4, -0.2) is 12.1 Å². The molecule has 1 aromatic rings. The summed E-state index contributed by atoms with van der Waals surface area (Å²) in [7, 11) is 0. The van der Waals surface area contributed by atoms with E-state index in [1.165, 1.54) is 12.8 Å². The lowest BCUT2D eigenvalue weighted by atomic mass is 10.1. The van der Waals surface area contributed by atoms with Crippen LogP contribution in [-0.2, 0) is 6.54 Å². The lowest BCUT2D eigenvalue weighted by Gasteiger charge is -2.20. The molecule has 0 heterocycles. The van der Waals surface area contributed by atoms with Crippen molar-refractivity contribution < 1.29 is 9.13 Å². The number of benzene rings is 1. The molecule has 0 aliphatic carbocycles. The second-order valence-electron chi connectivity index (χ2n) is 6.28. The molecule has 0 unspecified atom stereocenters. The highest BCUT2D eigenvalue weighted by Crippen LogP contribution is 2.19. The monoisotopic (exact) mass is 281 g/mol. The molecular formula is C17H28FNO. The van der Waals surface area contributed by atoms with Crippen molar-refractivity contribution in [3.05, 3.63) is 29.6 Å².